The molecule has 1 fully saturated rings. The van der Waals surface area contributed by atoms with Crippen LogP contribution in [0.15, 0.2) is 36.5 Å². The normalized spacial score (nSPS) is 19.2. The van der Waals surface area contributed by atoms with E-state index in [0.717, 1.165) is 4.90 Å². The number of aliphatic hydroxyl groups excluding tert-OH is 2. The van der Waals surface area contributed by atoms with Crippen molar-refractivity contribution in [2.24, 2.45) is 0 Å². The first-order valence-corrected chi connectivity index (χ1v) is 12.4. The number of β-amino-alcohol motifs (C(OH)–C–C–N with tert-alkyl or cyclic N) is 1. The molecule has 39 heavy (non-hydrogen) atoms. The van der Waals surface area contributed by atoms with E-state index in [2.05, 4.69) is 10.1 Å². The molecule has 0 aliphatic carbocycles. The minimum Gasteiger partial charge on any atom is -0.443 e. The molecule has 2 N–H and O–H groups in total. The van der Waals surface area contributed by atoms with E-state index in [1.54, 1.807) is 37.9 Å². The van der Waals surface area contributed by atoms with E-state index >= 15 is 0 Å². The zero-order valence-electron chi connectivity index (χ0n) is 21.6. The highest BCUT2D eigenvalue weighted by molar-refractivity contribution is 6.08. The Morgan fingerprint density at radius 3 is 2.67 bits per heavy atom. The van der Waals surface area contributed by atoms with Crippen LogP contribution in [0, 0.1) is 17.1 Å². The Labute approximate surface area is 223 Å². The lowest BCUT2D eigenvalue weighted by molar-refractivity contribution is 0.00785. The van der Waals surface area contributed by atoms with Gasteiger partial charge in [-0.3, -0.25) is 4.79 Å². The number of fused-ring (bicyclic) bond motifs is 1. The van der Waals surface area contributed by atoms with Gasteiger partial charge >= 0.3 is 6.09 Å². The van der Waals surface area contributed by atoms with Crippen LogP contribution in [-0.4, -0.2) is 72.8 Å². The fourth-order valence-electron chi connectivity index (χ4n) is 4.68. The molecule has 2 aliphatic heterocycles. The topological polar surface area (TPSA) is 145 Å². The summed E-state index contributed by atoms with van der Waals surface area (Å²) in [5.74, 6) is -0.815. The Hall–Kier alpha value is -4.34. The van der Waals surface area contributed by atoms with Gasteiger partial charge in [0.25, 0.3) is 5.91 Å². The molecule has 1 aromatic carbocycles. The third kappa shape index (κ3) is 4.94. The van der Waals surface area contributed by atoms with E-state index in [9.17, 15) is 29.5 Å². The van der Waals surface area contributed by atoms with Crippen molar-refractivity contribution in [2.75, 3.05) is 18.0 Å². The highest BCUT2D eigenvalue weighted by Crippen LogP contribution is 2.34. The number of hydrogen-bond donors (Lipinski definition) is 2. The summed E-state index contributed by atoms with van der Waals surface area (Å²) in [5, 5.41) is 34.2. The maximum atomic E-state index is 15.0. The molecule has 2 amide bonds. The summed E-state index contributed by atoms with van der Waals surface area (Å²) in [4.78, 5) is 33.6. The molecule has 0 radical (unpaired) electrons. The molecular weight excluding hydrogens is 507 g/mol. The van der Waals surface area contributed by atoms with Crippen LogP contribution >= 0.6 is 0 Å². The van der Waals surface area contributed by atoms with Gasteiger partial charge in [-0.2, -0.15) is 10.4 Å². The summed E-state index contributed by atoms with van der Waals surface area (Å²) in [6.07, 6.45) is -0.641. The third-order valence-electron chi connectivity index (χ3n) is 6.54. The van der Waals surface area contributed by atoms with Crippen LogP contribution in [0.1, 0.15) is 48.8 Å². The molecule has 1 saturated heterocycles. The number of carbonyl (C=O) groups excluding carboxylic acids is 2. The Morgan fingerprint density at radius 1 is 1.21 bits per heavy atom. The molecule has 2 aromatic heterocycles. The fraction of sp³-hybridized carbons (Fsp3) is 0.370. The van der Waals surface area contributed by atoms with Crippen molar-refractivity contribution < 1.29 is 28.9 Å². The number of halogens is 1. The summed E-state index contributed by atoms with van der Waals surface area (Å²) < 4.78 is 21.8. The van der Waals surface area contributed by atoms with Crippen molar-refractivity contribution in [2.45, 2.75) is 51.5 Å². The largest absolute Gasteiger partial charge is 0.443 e. The number of amides is 2. The van der Waals surface area contributed by atoms with Gasteiger partial charge in [0.2, 0.25) is 0 Å². The van der Waals surface area contributed by atoms with Gasteiger partial charge < -0.3 is 19.8 Å². The van der Waals surface area contributed by atoms with Crippen molar-refractivity contribution in [3.63, 3.8) is 0 Å². The van der Waals surface area contributed by atoms with E-state index in [4.69, 9.17) is 4.74 Å². The first-order chi connectivity index (χ1) is 18.5. The molecule has 4 heterocycles. The minimum absolute atomic E-state index is 0.0345. The molecule has 11 nitrogen and oxygen atoms in total. The van der Waals surface area contributed by atoms with Crippen molar-refractivity contribution in [1.29, 1.82) is 5.26 Å². The lowest BCUT2D eigenvalue weighted by Crippen LogP contribution is -2.46. The number of aromatic nitrogens is 3. The maximum Gasteiger partial charge on any atom is 0.417 e. The van der Waals surface area contributed by atoms with Crippen LogP contribution in [0.2, 0.25) is 0 Å². The Kier molecular flexibility index (Phi) is 6.57. The number of hydrogen-bond acceptors (Lipinski definition) is 9. The van der Waals surface area contributed by atoms with E-state index in [0.29, 0.717) is 18.8 Å². The van der Waals surface area contributed by atoms with Crippen LogP contribution in [0.25, 0.3) is 16.9 Å². The second kappa shape index (κ2) is 9.76. The Balaban J connectivity index is 1.62. The molecule has 2 atom stereocenters. The van der Waals surface area contributed by atoms with E-state index in [1.165, 1.54) is 28.9 Å². The van der Waals surface area contributed by atoms with Gasteiger partial charge in [0, 0.05) is 25.4 Å². The number of nitriles is 1. The van der Waals surface area contributed by atoms with Gasteiger partial charge in [0.05, 0.1) is 58.6 Å². The van der Waals surface area contributed by atoms with Gasteiger partial charge in [0.1, 0.15) is 11.4 Å². The highest BCUT2D eigenvalue weighted by Gasteiger charge is 2.39. The average molecular weight is 535 g/mol. The van der Waals surface area contributed by atoms with E-state index in [-0.39, 0.29) is 46.9 Å². The first-order valence-electron chi connectivity index (χ1n) is 12.4. The van der Waals surface area contributed by atoms with Crippen LogP contribution in [0.5, 0.6) is 0 Å². The molecule has 1 unspecified atom stereocenters. The number of benzene rings is 1. The van der Waals surface area contributed by atoms with Gasteiger partial charge in [0.15, 0.2) is 5.82 Å². The number of rotatable bonds is 3. The standard InChI is InChI=1S/C27H27FN6O5/c1-27(2,3)39-26(38)33-13-18-24(25(33)37)19(11-17(30-18)23-15(12-29)5-4-6-16(23)28)34-10-8-22(31-34)32-9-7-20(35)21(36)14-32/h4-6,8,10-11,20-21,35-36H,7,9,13-14H2,1-3H3/t20-,21?/m1/s1. The van der Waals surface area contributed by atoms with Gasteiger partial charge in [-0.05, 0) is 45.4 Å². The van der Waals surface area contributed by atoms with E-state index in [1.807, 2.05) is 6.07 Å². The summed E-state index contributed by atoms with van der Waals surface area (Å²) in [6.45, 7) is 5.48. The van der Waals surface area contributed by atoms with Crippen molar-refractivity contribution in [3.05, 3.63) is 59.2 Å². The number of anilines is 1. The number of carbonyl (C=O) groups is 2. The molecular formula is C27H27FN6O5. The van der Waals surface area contributed by atoms with Crippen LogP contribution in [0.4, 0.5) is 15.0 Å². The van der Waals surface area contributed by atoms with Crippen molar-refractivity contribution in [3.8, 4) is 23.0 Å². The van der Waals surface area contributed by atoms with Crippen LogP contribution < -0.4 is 4.90 Å². The zero-order chi connectivity index (χ0) is 28.1. The number of piperidine rings is 1. The quantitative estimate of drug-likeness (QED) is 0.518. The number of imide groups is 1. The Bertz CT molecular complexity index is 1510. The van der Waals surface area contributed by atoms with Gasteiger partial charge in [-0.25, -0.2) is 23.8 Å². The first kappa shape index (κ1) is 26.3. The molecule has 5 rings (SSSR count). The second-order valence-corrected chi connectivity index (χ2v) is 10.5. The fourth-order valence-corrected chi connectivity index (χ4v) is 4.68. The lowest BCUT2D eigenvalue weighted by atomic mass is 10.0. The molecule has 0 saturated carbocycles. The van der Waals surface area contributed by atoms with Crippen molar-refractivity contribution in [1.82, 2.24) is 19.7 Å². The second-order valence-electron chi connectivity index (χ2n) is 10.5. The molecule has 3 aromatic rings. The predicted octanol–water partition coefficient (Wildman–Crippen LogP) is 2.77. The van der Waals surface area contributed by atoms with Crippen LogP contribution in [0.3, 0.4) is 0 Å². The average Bonchev–Trinajstić information content (AvgIpc) is 3.49. The summed E-state index contributed by atoms with van der Waals surface area (Å²) in [7, 11) is 0. The maximum absolute atomic E-state index is 15.0. The van der Waals surface area contributed by atoms with Gasteiger partial charge in [-0.15, -0.1) is 0 Å². The smallest absolute Gasteiger partial charge is 0.417 e. The molecule has 12 heteroatoms. The van der Waals surface area contributed by atoms with Crippen LogP contribution in [-0.2, 0) is 11.3 Å². The molecule has 0 bridgehead atoms. The minimum atomic E-state index is -0.935. The highest BCUT2D eigenvalue weighted by atomic mass is 19.1. The lowest BCUT2D eigenvalue weighted by Gasteiger charge is -2.33. The number of aliphatic hydroxyl groups is 2. The molecule has 0 spiro atoms. The van der Waals surface area contributed by atoms with Gasteiger partial charge in [-0.1, -0.05) is 6.07 Å². The molecule has 202 valence electrons. The molecule has 2 aliphatic rings. The summed E-state index contributed by atoms with van der Waals surface area (Å²) >= 11 is 0. The Morgan fingerprint density at radius 2 is 1.97 bits per heavy atom. The summed E-state index contributed by atoms with van der Waals surface area (Å²) in [6, 6.07) is 9.22. The summed E-state index contributed by atoms with van der Waals surface area (Å²) in [5.41, 5.74) is -0.169. The number of pyridine rings is 1. The number of nitrogens with zero attached hydrogens (tertiary/aromatic N) is 6. The SMILES string of the molecule is CC(C)(C)OC(=O)N1Cc2nc(-c3c(F)cccc3C#N)cc(-n3ccc(N4CC[C@@H](O)C(O)C4)n3)c2C1=O. The monoisotopic (exact) mass is 534 g/mol. The predicted molar refractivity (Wildman–Crippen MR) is 136 cm³/mol. The van der Waals surface area contributed by atoms with Crippen molar-refractivity contribution >= 4 is 17.8 Å². The van der Waals surface area contributed by atoms with E-state index < -0.39 is 35.6 Å². The number of ether oxygens (including phenoxy) is 1. The zero-order valence-corrected chi connectivity index (χ0v) is 21.6. The third-order valence-corrected chi connectivity index (χ3v) is 6.54.